The molecule has 0 spiro atoms. The van der Waals surface area contributed by atoms with Gasteiger partial charge in [-0.25, -0.2) is 4.99 Å². The molecule has 0 aliphatic heterocycles. The Morgan fingerprint density at radius 2 is 1.56 bits per heavy atom. The summed E-state index contributed by atoms with van der Waals surface area (Å²) in [5.74, 6) is -0.493. The second kappa shape index (κ2) is 3.12. The Morgan fingerprint density at radius 3 is 1.67 bits per heavy atom. The van der Waals surface area contributed by atoms with Crippen molar-refractivity contribution in [1.82, 2.24) is 0 Å². The van der Waals surface area contributed by atoms with Gasteiger partial charge in [-0.15, -0.1) is 0 Å². The molecule has 0 N–H and O–H groups in total. The lowest BCUT2D eigenvalue weighted by Gasteiger charge is -1.87. The zero-order valence-corrected chi connectivity index (χ0v) is 5.76. The van der Waals surface area contributed by atoms with Gasteiger partial charge >= 0.3 is 0 Å². The molecule has 3 heteroatoms. The van der Waals surface area contributed by atoms with Crippen molar-refractivity contribution in [2.75, 3.05) is 0 Å². The molecule has 0 radical (unpaired) electrons. The molecule has 50 valence electrons. The summed E-state index contributed by atoms with van der Waals surface area (Å²) in [6, 6.07) is 0. The standard InChI is InChI=1S/C6H9NO2/c1-4(5(2)8)7-6(3)9/h1-3H3. The van der Waals surface area contributed by atoms with Gasteiger partial charge < -0.3 is 0 Å². The van der Waals surface area contributed by atoms with Crippen LogP contribution < -0.4 is 0 Å². The summed E-state index contributed by atoms with van der Waals surface area (Å²) in [6.45, 7) is 4.21. The van der Waals surface area contributed by atoms with E-state index in [4.69, 9.17) is 0 Å². The van der Waals surface area contributed by atoms with E-state index in [1.165, 1.54) is 20.8 Å². The van der Waals surface area contributed by atoms with E-state index < -0.39 is 0 Å². The number of amides is 1. The van der Waals surface area contributed by atoms with Crippen LogP contribution in [0.25, 0.3) is 0 Å². The van der Waals surface area contributed by atoms with Crippen LogP contribution in [0.15, 0.2) is 4.99 Å². The molecule has 0 aromatic carbocycles. The van der Waals surface area contributed by atoms with E-state index in [1.807, 2.05) is 0 Å². The second-order valence-electron chi connectivity index (χ2n) is 1.77. The molecular formula is C6H9NO2. The summed E-state index contributed by atoms with van der Waals surface area (Å²) >= 11 is 0. The lowest BCUT2D eigenvalue weighted by molar-refractivity contribution is -0.116. The van der Waals surface area contributed by atoms with Crippen molar-refractivity contribution < 1.29 is 9.59 Å². The summed E-state index contributed by atoms with van der Waals surface area (Å²) < 4.78 is 0. The van der Waals surface area contributed by atoms with E-state index in [0.717, 1.165) is 0 Å². The molecule has 9 heavy (non-hydrogen) atoms. The average molecular weight is 127 g/mol. The fourth-order valence-electron chi connectivity index (χ4n) is 0.315. The molecule has 0 fully saturated rings. The van der Waals surface area contributed by atoms with E-state index in [2.05, 4.69) is 4.99 Å². The van der Waals surface area contributed by atoms with Crippen LogP contribution in [-0.4, -0.2) is 17.4 Å². The summed E-state index contributed by atoms with van der Waals surface area (Å²) in [7, 11) is 0. The highest BCUT2D eigenvalue weighted by molar-refractivity contribution is 6.39. The Labute approximate surface area is 53.8 Å². The molecule has 0 saturated carbocycles. The van der Waals surface area contributed by atoms with E-state index in [-0.39, 0.29) is 17.4 Å². The number of hydrogen-bond donors (Lipinski definition) is 0. The minimum absolute atomic E-state index is 0.162. The zero-order valence-electron chi connectivity index (χ0n) is 5.76. The van der Waals surface area contributed by atoms with Crippen molar-refractivity contribution in [2.45, 2.75) is 20.8 Å². The van der Waals surface area contributed by atoms with Crippen LogP contribution >= 0.6 is 0 Å². The number of aliphatic imine (C=N–C) groups is 1. The van der Waals surface area contributed by atoms with Gasteiger partial charge in [-0.3, -0.25) is 9.59 Å². The fraction of sp³-hybridized carbons (Fsp3) is 0.500. The van der Waals surface area contributed by atoms with Crippen molar-refractivity contribution >= 4 is 17.4 Å². The maximum absolute atomic E-state index is 10.4. The van der Waals surface area contributed by atoms with Gasteiger partial charge in [0.05, 0.1) is 5.71 Å². The van der Waals surface area contributed by atoms with Gasteiger partial charge in [0.2, 0.25) is 5.91 Å². The Morgan fingerprint density at radius 1 is 1.11 bits per heavy atom. The van der Waals surface area contributed by atoms with Crippen molar-refractivity contribution in [3.63, 3.8) is 0 Å². The molecule has 1 amide bonds. The quantitative estimate of drug-likeness (QED) is 0.484. The normalized spacial score (nSPS) is 11.2. The molecule has 0 aromatic heterocycles. The number of carbonyl (C=O) groups excluding carboxylic acids is 2. The van der Waals surface area contributed by atoms with Gasteiger partial charge in [-0.2, -0.15) is 0 Å². The topological polar surface area (TPSA) is 46.5 Å². The SMILES string of the molecule is CC(=O)N=C(C)C(C)=O. The second-order valence-corrected chi connectivity index (χ2v) is 1.77. The number of Topliss-reactive ketones (excluding diaryl/α,β-unsaturated/α-hetero) is 1. The Bertz CT molecular complexity index is 170. The van der Waals surface area contributed by atoms with Gasteiger partial charge in [0.15, 0.2) is 5.78 Å². The van der Waals surface area contributed by atoms with Crippen LogP contribution in [0.2, 0.25) is 0 Å². The molecule has 0 heterocycles. The first-order chi connectivity index (χ1) is 4.04. The van der Waals surface area contributed by atoms with Crippen LogP contribution in [0.1, 0.15) is 20.8 Å². The maximum atomic E-state index is 10.4. The van der Waals surface area contributed by atoms with Crippen LogP contribution in [0.3, 0.4) is 0 Å². The lowest BCUT2D eigenvalue weighted by atomic mass is 10.3. The molecule has 0 aliphatic rings. The predicted octanol–water partition coefficient (Wildman–Crippen LogP) is 0.583. The van der Waals surface area contributed by atoms with Crippen molar-refractivity contribution in [1.29, 1.82) is 0 Å². The van der Waals surface area contributed by atoms with Gasteiger partial charge in [-0.1, -0.05) is 0 Å². The average Bonchev–Trinajstić information content (AvgIpc) is 1.63. The van der Waals surface area contributed by atoms with Crippen molar-refractivity contribution in [3.8, 4) is 0 Å². The Hall–Kier alpha value is -0.990. The Kier molecular flexibility index (Phi) is 2.78. The van der Waals surface area contributed by atoms with E-state index >= 15 is 0 Å². The van der Waals surface area contributed by atoms with Gasteiger partial charge in [0, 0.05) is 13.8 Å². The zero-order chi connectivity index (χ0) is 7.44. The Balaban J connectivity index is 4.17. The smallest absolute Gasteiger partial charge is 0.242 e. The molecular weight excluding hydrogens is 118 g/mol. The van der Waals surface area contributed by atoms with Gasteiger partial charge in [-0.05, 0) is 6.92 Å². The highest BCUT2D eigenvalue weighted by Crippen LogP contribution is 1.80. The number of ketones is 1. The summed E-state index contributed by atoms with van der Waals surface area (Å²) in [5.41, 5.74) is 0.266. The number of rotatable bonds is 1. The van der Waals surface area contributed by atoms with Crippen LogP contribution in [-0.2, 0) is 9.59 Å². The van der Waals surface area contributed by atoms with Gasteiger partial charge in [0.1, 0.15) is 0 Å². The summed E-state index contributed by atoms with van der Waals surface area (Å²) in [5, 5.41) is 0. The van der Waals surface area contributed by atoms with Crippen LogP contribution in [0.5, 0.6) is 0 Å². The molecule has 0 unspecified atom stereocenters. The minimum Gasteiger partial charge on any atom is -0.293 e. The molecule has 3 nitrogen and oxygen atoms in total. The molecule has 0 saturated heterocycles. The van der Waals surface area contributed by atoms with Crippen molar-refractivity contribution in [2.24, 2.45) is 4.99 Å². The highest BCUT2D eigenvalue weighted by atomic mass is 16.1. The summed E-state index contributed by atoms with van der Waals surface area (Å²) in [4.78, 5) is 24.0. The third-order valence-corrected chi connectivity index (χ3v) is 0.835. The van der Waals surface area contributed by atoms with Crippen LogP contribution in [0.4, 0.5) is 0 Å². The molecule has 0 atom stereocenters. The third kappa shape index (κ3) is 3.58. The van der Waals surface area contributed by atoms with Crippen LogP contribution in [0, 0.1) is 0 Å². The number of nitrogens with zero attached hydrogens (tertiary/aromatic N) is 1. The van der Waals surface area contributed by atoms with Crippen molar-refractivity contribution in [3.05, 3.63) is 0 Å². The van der Waals surface area contributed by atoms with E-state index in [9.17, 15) is 9.59 Å². The first-order valence-electron chi connectivity index (χ1n) is 2.61. The molecule has 0 bridgehead atoms. The first-order valence-corrected chi connectivity index (χ1v) is 2.61. The molecule has 0 aliphatic carbocycles. The lowest BCUT2D eigenvalue weighted by Crippen LogP contribution is -2.06. The maximum Gasteiger partial charge on any atom is 0.242 e. The monoisotopic (exact) mass is 127 g/mol. The van der Waals surface area contributed by atoms with Gasteiger partial charge in [0.25, 0.3) is 0 Å². The third-order valence-electron chi connectivity index (χ3n) is 0.835. The highest BCUT2D eigenvalue weighted by Gasteiger charge is 1.97. The largest absolute Gasteiger partial charge is 0.293 e. The summed E-state index contributed by atoms with van der Waals surface area (Å²) in [6.07, 6.45) is 0. The first kappa shape index (κ1) is 8.01. The fourth-order valence-corrected chi connectivity index (χ4v) is 0.315. The van der Waals surface area contributed by atoms with E-state index in [0.29, 0.717) is 0 Å². The number of carbonyl (C=O) groups is 2. The number of hydrogen-bond acceptors (Lipinski definition) is 2. The minimum atomic E-state index is -0.331. The predicted molar refractivity (Wildman–Crippen MR) is 34.5 cm³/mol. The van der Waals surface area contributed by atoms with E-state index in [1.54, 1.807) is 0 Å². The molecule has 0 aromatic rings. The molecule has 0 rings (SSSR count).